The third-order valence-electron chi connectivity index (χ3n) is 5.45. The molecule has 2 aromatic rings. The Balaban J connectivity index is 1.87. The number of hydrogen-bond acceptors (Lipinski definition) is 5. The highest BCUT2D eigenvalue weighted by molar-refractivity contribution is 5.76. The molecule has 0 N–H and O–H groups in total. The first-order valence-electron chi connectivity index (χ1n) is 11.0. The second kappa shape index (κ2) is 10.1. The van der Waals surface area contributed by atoms with Gasteiger partial charge in [-0.15, -0.1) is 0 Å². The molecule has 0 amide bonds. The lowest BCUT2D eigenvalue weighted by Gasteiger charge is -2.25. The third kappa shape index (κ3) is 6.41. The molecule has 0 unspecified atom stereocenters. The first kappa shape index (κ1) is 23.0. The molecule has 0 spiro atoms. The minimum atomic E-state index is -0.543. The molecule has 1 aliphatic rings. The average molecular weight is 424 g/mol. The van der Waals surface area contributed by atoms with Gasteiger partial charge in [-0.05, 0) is 44.4 Å². The average Bonchev–Trinajstić information content (AvgIpc) is 3.12. The van der Waals surface area contributed by atoms with Crippen LogP contribution in [-0.2, 0) is 32.0 Å². The van der Waals surface area contributed by atoms with E-state index in [2.05, 4.69) is 17.0 Å². The van der Waals surface area contributed by atoms with Crippen molar-refractivity contribution in [3.63, 3.8) is 0 Å². The summed E-state index contributed by atoms with van der Waals surface area (Å²) in [5.74, 6) is -0.752. The van der Waals surface area contributed by atoms with E-state index in [1.807, 2.05) is 63.2 Å². The van der Waals surface area contributed by atoms with Gasteiger partial charge in [-0.3, -0.25) is 14.5 Å². The van der Waals surface area contributed by atoms with Gasteiger partial charge in [0.15, 0.2) is 0 Å². The molecule has 0 radical (unpaired) electrons. The maximum absolute atomic E-state index is 13.1. The lowest BCUT2D eigenvalue weighted by molar-refractivity contribution is -0.160. The van der Waals surface area contributed by atoms with Gasteiger partial charge >= 0.3 is 11.9 Å². The molecule has 5 nitrogen and oxygen atoms in total. The van der Waals surface area contributed by atoms with Crippen molar-refractivity contribution in [1.82, 2.24) is 4.90 Å². The molecule has 2 aromatic carbocycles. The van der Waals surface area contributed by atoms with Gasteiger partial charge in [-0.2, -0.15) is 0 Å². The van der Waals surface area contributed by atoms with Crippen LogP contribution in [0.5, 0.6) is 0 Å². The Hall–Kier alpha value is -2.66. The van der Waals surface area contributed by atoms with E-state index in [0.717, 1.165) is 24.2 Å². The topological polar surface area (TPSA) is 55.8 Å². The number of esters is 2. The lowest BCUT2D eigenvalue weighted by Crippen LogP contribution is -2.32. The molecule has 1 fully saturated rings. The molecule has 2 atom stereocenters. The van der Waals surface area contributed by atoms with E-state index in [4.69, 9.17) is 9.47 Å². The van der Waals surface area contributed by atoms with E-state index in [0.29, 0.717) is 13.2 Å². The number of rotatable bonds is 7. The molecule has 1 heterocycles. The zero-order chi connectivity index (χ0) is 22.4. The number of likely N-dealkylation sites (tertiary alicyclic amines) is 1. The number of carbonyl (C=O) groups excluding carboxylic acids is 2. The van der Waals surface area contributed by atoms with Crippen LogP contribution < -0.4 is 0 Å². The number of benzene rings is 2. The van der Waals surface area contributed by atoms with Crippen LogP contribution in [-0.4, -0.2) is 42.1 Å². The first-order chi connectivity index (χ1) is 14.8. The standard InChI is InChI=1S/C26H33NO4/c1-5-30-24(28)15-20-13-9-10-14-21(20)22-17-27(16-19-11-7-6-8-12-19)18-23(22)25(29)31-26(2,3)4/h6-14,22-23H,5,15-18H2,1-4H3/t22-,23+/m1/s1. The summed E-state index contributed by atoms with van der Waals surface area (Å²) in [6, 6.07) is 18.2. The molecule has 1 saturated heterocycles. The second-order valence-corrected chi connectivity index (χ2v) is 9.11. The Bertz CT molecular complexity index is 888. The van der Waals surface area contributed by atoms with Gasteiger partial charge in [-0.1, -0.05) is 54.6 Å². The van der Waals surface area contributed by atoms with Crippen molar-refractivity contribution in [2.75, 3.05) is 19.7 Å². The van der Waals surface area contributed by atoms with Gasteiger partial charge in [-0.25, -0.2) is 0 Å². The fourth-order valence-corrected chi connectivity index (χ4v) is 4.21. The van der Waals surface area contributed by atoms with Gasteiger partial charge in [0.1, 0.15) is 5.60 Å². The summed E-state index contributed by atoms with van der Waals surface area (Å²) in [5, 5.41) is 0. The molecule has 31 heavy (non-hydrogen) atoms. The summed E-state index contributed by atoms with van der Waals surface area (Å²) in [4.78, 5) is 27.6. The van der Waals surface area contributed by atoms with Gasteiger partial charge < -0.3 is 9.47 Å². The van der Waals surface area contributed by atoms with Crippen molar-refractivity contribution in [1.29, 1.82) is 0 Å². The zero-order valence-corrected chi connectivity index (χ0v) is 19.0. The van der Waals surface area contributed by atoms with Crippen LogP contribution in [0.1, 0.15) is 50.3 Å². The van der Waals surface area contributed by atoms with E-state index >= 15 is 0 Å². The minimum absolute atomic E-state index is 0.0378. The Morgan fingerprint density at radius 3 is 2.35 bits per heavy atom. The van der Waals surface area contributed by atoms with Crippen molar-refractivity contribution in [3.8, 4) is 0 Å². The minimum Gasteiger partial charge on any atom is -0.466 e. The summed E-state index contributed by atoms with van der Waals surface area (Å²) in [6.45, 7) is 9.98. The van der Waals surface area contributed by atoms with Gasteiger partial charge in [0.25, 0.3) is 0 Å². The summed E-state index contributed by atoms with van der Waals surface area (Å²) < 4.78 is 10.9. The second-order valence-electron chi connectivity index (χ2n) is 9.11. The van der Waals surface area contributed by atoms with Crippen molar-refractivity contribution < 1.29 is 19.1 Å². The number of carbonyl (C=O) groups is 2. The van der Waals surface area contributed by atoms with E-state index in [-0.39, 0.29) is 30.2 Å². The fourth-order valence-electron chi connectivity index (χ4n) is 4.21. The van der Waals surface area contributed by atoms with Crippen LogP contribution in [0.3, 0.4) is 0 Å². The summed E-state index contributed by atoms with van der Waals surface area (Å²) >= 11 is 0. The van der Waals surface area contributed by atoms with Crippen LogP contribution in [0.2, 0.25) is 0 Å². The molecule has 3 rings (SSSR count). The largest absolute Gasteiger partial charge is 0.466 e. The molecular formula is C26H33NO4. The van der Waals surface area contributed by atoms with Gasteiger partial charge in [0, 0.05) is 25.6 Å². The van der Waals surface area contributed by atoms with Crippen LogP contribution in [0.25, 0.3) is 0 Å². The quantitative estimate of drug-likeness (QED) is 0.620. The number of nitrogens with zero attached hydrogens (tertiary/aromatic N) is 1. The molecule has 0 aromatic heterocycles. The van der Waals surface area contributed by atoms with Crippen molar-refractivity contribution >= 4 is 11.9 Å². The molecule has 0 aliphatic carbocycles. The Morgan fingerprint density at radius 2 is 1.68 bits per heavy atom. The van der Waals surface area contributed by atoms with Crippen molar-refractivity contribution in [3.05, 3.63) is 71.3 Å². The summed E-state index contributed by atoms with van der Waals surface area (Å²) in [5.41, 5.74) is 2.62. The van der Waals surface area contributed by atoms with Crippen molar-refractivity contribution in [2.45, 2.75) is 52.2 Å². The van der Waals surface area contributed by atoms with Crippen molar-refractivity contribution in [2.24, 2.45) is 5.92 Å². The van der Waals surface area contributed by atoms with Gasteiger partial charge in [0.2, 0.25) is 0 Å². The highest BCUT2D eigenvalue weighted by Crippen LogP contribution is 2.37. The summed E-state index contributed by atoms with van der Waals surface area (Å²) in [7, 11) is 0. The van der Waals surface area contributed by atoms with Crippen LogP contribution in [0, 0.1) is 5.92 Å². The molecule has 0 saturated carbocycles. The lowest BCUT2D eigenvalue weighted by atomic mass is 9.85. The monoisotopic (exact) mass is 423 g/mol. The van der Waals surface area contributed by atoms with E-state index in [9.17, 15) is 9.59 Å². The van der Waals surface area contributed by atoms with Crippen LogP contribution in [0.4, 0.5) is 0 Å². The molecule has 5 heteroatoms. The predicted molar refractivity (Wildman–Crippen MR) is 121 cm³/mol. The number of ether oxygens (including phenoxy) is 2. The summed E-state index contributed by atoms with van der Waals surface area (Å²) in [6.07, 6.45) is 0.209. The third-order valence-corrected chi connectivity index (χ3v) is 5.45. The normalized spacial score (nSPS) is 19.2. The SMILES string of the molecule is CCOC(=O)Cc1ccccc1[C@H]1CN(Cc2ccccc2)C[C@@H]1C(=O)OC(C)(C)C. The van der Waals surface area contributed by atoms with Crippen LogP contribution in [0.15, 0.2) is 54.6 Å². The van der Waals surface area contributed by atoms with Crippen LogP contribution >= 0.6 is 0 Å². The highest BCUT2D eigenvalue weighted by Gasteiger charge is 2.41. The molecular weight excluding hydrogens is 390 g/mol. The zero-order valence-electron chi connectivity index (χ0n) is 19.0. The Labute approximate surface area is 185 Å². The van der Waals surface area contributed by atoms with E-state index in [1.165, 1.54) is 5.56 Å². The molecule has 166 valence electrons. The van der Waals surface area contributed by atoms with E-state index in [1.54, 1.807) is 6.92 Å². The predicted octanol–water partition coefficient (Wildman–Crippen LogP) is 4.35. The Kier molecular flexibility index (Phi) is 7.50. The maximum Gasteiger partial charge on any atom is 0.311 e. The maximum atomic E-state index is 13.1. The molecule has 1 aliphatic heterocycles. The first-order valence-corrected chi connectivity index (χ1v) is 11.0. The van der Waals surface area contributed by atoms with E-state index < -0.39 is 5.60 Å². The molecule has 0 bridgehead atoms. The fraction of sp³-hybridized carbons (Fsp3) is 0.462. The van der Waals surface area contributed by atoms with Gasteiger partial charge in [0.05, 0.1) is 18.9 Å². The Morgan fingerprint density at radius 1 is 1.00 bits per heavy atom. The number of hydrogen-bond donors (Lipinski definition) is 0. The smallest absolute Gasteiger partial charge is 0.311 e. The highest BCUT2D eigenvalue weighted by atomic mass is 16.6.